The molecule has 0 aliphatic carbocycles. The zero-order valence-corrected chi connectivity index (χ0v) is 15.0. The molecule has 0 fully saturated rings. The summed E-state index contributed by atoms with van der Waals surface area (Å²) in [6, 6.07) is 3.86. The Morgan fingerprint density at radius 2 is 1.96 bits per heavy atom. The fourth-order valence-electron chi connectivity index (χ4n) is 3.01. The highest BCUT2D eigenvalue weighted by Crippen LogP contribution is 2.48. The van der Waals surface area contributed by atoms with Crippen molar-refractivity contribution in [2.75, 3.05) is 18.1 Å². The molecule has 0 saturated heterocycles. The van der Waals surface area contributed by atoms with Crippen LogP contribution in [0.2, 0.25) is 5.02 Å². The molecule has 0 unspecified atom stereocenters. The molecule has 0 bridgehead atoms. The maximum atomic E-state index is 13.6. The molecule has 1 amide bonds. The molecule has 2 aromatic rings. The van der Waals surface area contributed by atoms with Gasteiger partial charge in [0.25, 0.3) is 0 Å². The first-order chi connectivity index (χ1) is 13.1. The van der Waals surface area contributed by atoms with E-state index in [9.17, 15) is 26.7 Å². The molecular weight excluding hydrogens is 407 g/mol. The molecule has 3 rings (SSSR count). The summed E-state index contributed by atoms with van der Waals surface area (Å²) >= 11 is 5.91. The van der Waals surface area contributed by atoms with Gasteiger partial charge in [0.15, 0.2) is 5.75 Å². The van der Waals surface area contributed by atoms with E-state index < -0.39 is 48.5 Å². The molecule has 0 spiro atoms. The lowest BCUT2D eigenvalue weighted by Gasteiger charge is -2.34. The van der Waals surface area contributed by atoms with Crippen molar-refractivity contribution in [2.45, 2.75) is 18.6 Å². The van der Waals surface area contributed by atoms with Gasteiger partial charge in [-0.15, -0.1) is 0 Å². The van der Waals surface area contributed by atoms with Gasteiger partial charge in [-0.2, -0.15) is 13.2 Å². The predicted molar refractivity (Wildman–Crippen MR) is 92.9 cm³/mol. The van der Waals surface area contributed by atoms with Gasteiger partial charge in [0.05, 0.1) is 23.3 Å². The minimum atomic E-state index is -4.85. The summed E-state index contributed by atoms with van der Waals surface area (Å²) in [5, 5.41) is -0.136. The van der Waals surface area contributed by atoms with E-state index in [2.05, 4.69) is 0 Å². The molecule has 0 radical (unpaired) electrons. The summed E-state index contributed by atoms with van der Waals surface area (Å²) < 4.78 is 72.7. The van der Waals surface area contributed by atoms with Crippen LogP contribution in [0, 0.1) is 5.82 Å². The Hall–Kier alpha value is -2.39. The number of fused-ring (bicyclic) bond motifs is 1. The van der Waals surface area contributed by atoms with Gasteiger partial charge < -0.3 is 15.4 Å². The molecule has 1 aliphatic rings. The third kappa shape index (κ3) is 3.77. The van der Waals surface area contributed by atoms with Gasteiger partial charge in [-0.3, -0.25) is 4.79 Å². The summed E-state index contributed by atoms with van der Waals surface area (Å²) in [4.78, 5) is 13.2. The van der Waals surface area contributed by atoms with E-state index in [-0.39, 0.29) is 28.4 Å². The highest BCUT2D eigenvalue weighted by atomic mass is 35.5. The highest BCUT2D eigenvalue weighted by Gasteiger charge is 2.41. The van der Waals surface area contributed by atoms with E-state index in [1.165, 1.54) is 0 Å². The first-order valence-corrected chi connectivity index (χ1v) is 8.50. The summed E-state index contributed by atoms with van der Waals surface area (Å²) in [5.74, 6) is -2.65. The molecule has 0 saturated carbocycles. The Kier molecular flexibility index (Phi) is 5.49. The molecule has 28 heavy (non-hydrogen) atoms. The summed E-state index contributed by atoms with van der Waals surface area (Å²) in [6.07, 6.45) is -4.91. The maximum Gasteiger partial charge on any atom is 0.420 e. The lowest BCUT2D eigenvalue weighted by molar-refractivity contribution is -0.138. The Labute approximate surface area is 161 Å². The highest BCUT2D eigenvalue weighted by molar-refractivity contribution is 6.32. The van der Waals surface area contributed by atoms with Crippen LogP contribution in [0.25, 0.3) is 0 Å². The zero-order valence-electron chi connectivity index (χ0n) is 14.2. The van der Waals surface area contributed by atoms with Crippen LogP contribution in [0.4, 0.5) is 27.6 Å². The van der Waals surface area contributed by atoms with Gasteiger partial charge >= 0.3 is 6.18 Å². The molecule has 10 heteroatoms. The molecule has 1 atom stereocenters. The Balaban J connectivity index is 2.25. The van der Waals surface area contributed by atoms with Crippen LogP contribution in [0.3, 0.4) is 0 Å². The number of alkyl halides is 4. The van der Waals surface area contributed by atoms with Crippen molar-refractivity contribution in [3.05, 3.63) is 52.3 Å². The van der Waals surface area contributed by atoms with Gasteiger partial charge in [-0.25, -0.2) is 8.78 Å². The average molecular weight is 421 g/mol. The van der Waals surface area contributed by atoms with E-state index in [4.69, 9.17) is 22.1 Å². The van der Waals surface area contributed by atoms with Gasteiger partial charge in [0.2, 0.25) is 5.91 Å². The van der Waals surface area contributed by atoms with Gasteiger partial charge in [-0.1, -0.05) is 17.7 Å². The van der Waals surface area contributed by atoms with Crippen molar-refractivity contribution in [3.8, 4) is 11.5 Å². The standard InChI is InChI=1S/C18H14ClF5N2O2/c19-12-4-2-10(21)8-14(12)28-16-11(18(22,23)24)3-1-9-7-13(25)17(27)26(6-5-20)15(9)16/h1-4,8,13H,5-7,25H2/t13-/m1/s1. The van der Waals surface area contributed by atoms with Crippen LogP contribution in [-0.2, 0) is 17.4 Å². The zero-order chi connectivity index (χ0) is 20.6. The number of hydrogen-bond acceptors (Lipinski definition) is 3. The van der Waals surface area contributed by atoms with Gasteiger partial charge in [0, 0.05) is 6.07 Å². The van der Waals surface area contributed by atoms with Crippen LogP contribution in [0.15, 0.2) is 30.3 Å². The topological polar surface area (TPSA) is 55.6 Å². The second kappa shape index (κ2) is 7.56. The molecule has 150 valence electrons. The molecule has 2 aromatic carbocycles. The number of amides is 1. The SMILES string of the molecule is N[C@@H]1Cc2ccc(C(F)(F)F)c(Oc3cc(F)ccc3Cl)c2N(CCF)C1=O. The first-order valence-electron chi connectivity index (χ1n) is 8.12. The van der Waals surface area contributed by atoms with Crippen LogP contribution < -0.4 is 15.4 Å². The molecular formula is C18H14ClF5N2O2. The van der Waals surface area contributed by atoms with Crippen molar-refractivity contribution in [1.29, 1.82) is 0 Å². The first kappa shape index (κ1) is 20.3. The molecule has 2 N–H and O–H groups in total. The minimum Gasteiger partial charge on any atom is -0.453 e. The summed E-state index contributed by atoms with van der Waals surface area (Å²) in [5.41, 5.74) is 4.55. The van der Waals surface area contributed by atoms with E-state index in [1.807, 2.05) is 0 Å². The second-order valence-electron chi connectivity index (χ2n) is 6.11. The maximum absolute atomic E-state index is 13.6. The van der Waals surface area contributed by atoms with Crippen LogP contribution in [0.1, 0.15) is 11.1 Å². The van der Waals surface area contributed by atoms with Gasteiger partial charge in [0.1, 0.15) is 23.8 Å². The fourth-order valence-corrected chi connectivity index (χ4v) is 3.16. The third-order valence-corrected chi connectivity index (χ3v) is 4.54. The number of ether oxygens (including phenoxy) is 1. The molecule has 1 heterocycles. The van der Waals surface area contributed by atoms with Crippen molar-refractivity contribution >= 4 is 23.2 Å². The van der Waals surface area contributed by atoms with Crippen molar-refractivity contribution in [1.82, 2.24) is 0 Å². The fraction of sp³-hybridized carbons (Fsp3) is 0.278. The largest absolute Gasteiger partial charge is 0.453 e. The molecule has 0 aromatic heterocycles. The molecule has 4 nitrogen and oxygen atoms in total. The Bertz CT molecular complexity index is 920. The van der Waals surface area contributed by atoms with E-state index >= 15 is 0 Å². The average Bonchev–Trinajstić information content (AvgIpc) is 2.61. The number of halogens is 6. The lowest BCUT2D eigenvalue weighted by Crippen LogP contribution is -2.49. The number of nitrogens with zero attached hydrogens (tertiary/aromatic N) is 1. The number of rotatable bonds is 4. The third-order valence-electron chi connectivity index (χ3n) is 4.23. The Morgan fingerprint density at radius 3 is 2.61 bits per heavy atom. The van der Waals surface area contributed by atoms with Crippen molar-refractivity contribution in [3.63, 3.8) is 0 Å². The van der Waals surface area contributed by atoms with E-state index in [0.717, 1.165) is 35.2 Å². The van der Waals surface area contributed by atoms with Crippen LogP contribution in [-0.4, -0.2) is 25.2 Å². The second-order valence-corrected chi connectivity index (χ2v) is 6.52. The van der Waals surface area contributed by atoms with E-state index in [0.29, 0.717) is 0 Å². The predicted octanol–water partition coefficient (Wildman–Crippen LogP) is 4.48. The monoisotopic (exact) mass is 420 g/mol. The number of nitrogens with two attached hydrogens (primary N) is 1. The quantitative estimate of drug-likeness (QED) is 0.742. The van der Waals surface area contributed by atoms with Crippen LogP contribution in [0.5, 0.6) is 11.5 Å². The van der Waals surface area contributed by atoms with Crippen molar-refractivity contribution in [2.24, 2.45) is 5.73 Å². The number of carbonyl (C=O) groups excluding carboxylic acids is 1. The minimum absolute atomic E-state index is 0.0532. The molecule has 1 aliphatic heterocycles. The lowest BCUT2D eigenvalue weighted by atomic mass is 9.94. The number of benzene rings is 2. The summed E-state index contributed by atoms with van der Waals surface area (Å²) in [7, 11) is 0. The smallest absolute Gasteiger partial charge is 0.420 e. The van der Waals surface area contributed by atoms with Gasteiger partial charge in [-0.05, 0) is 30.2 Å². The van der Waals surface area contributed by atoms with E-state index in [1.54, 1.807) is 0 Å². The number of anilines is 1. The number of hydrogen-bond donors (Lipinski definition) is 1. The normalized spacial score (nSPS) is 16.9. The van der Waals surface area contributed by atoms with Crippen molar-refractivity contribution < 1.29 is 31.5 Å². The summed E-state index contributed by atoms with van der Waals surface area (Å²) in [6.45, 7) is -1.51. The Morgan fingerprint density at radius 1 is 1.25 bits per heavy atom. The number of carbonyl (C=O) groups is 1. The van der Waals surface area contributed by atoms with Crippen LogP contribution >= 0.6 is 11.6 Å².